The van der Waals surface area contributed by atoms with Gasteiger partial charge < -0.3 is 10.1 Å². The molecule has 1 N–H and O–H groups in total. The SMILES string of the molecule is CCOc1ccc(S(=O)(=O)N2CCC[C@@H](C(=O)Nc3cc(Cl)ccc3C)C2)cc1Cl. The number of carbonyl (C=O) groups is 1. The van der Waals surface area contributed by atoms with Crippen LogP contribution in [0.1, 0.15) is 25.3 Å². The van der Waals surface area contributed by atoms with Crippen LogP contribution in [0.2, 0.25) is 10.0 Å². The van der Waals surface area contributed by atoms with Crippen LogP contribution in [0.15, 0.2) is 41.3 Å². The fraction of sp³-hybridized carbons (Fsp3) is 0.381. The van der Waals surface area contributed by atoms with E-state index >= 15 is 0 Å². The van der Waals surface area contributed by atoms with Crippen LogP contribution >= 0.6 is 23.2 Å². The van der Waals surface area contributed by atoms with E-state index < -0.39 is 15.9 Å². The molecule has 0 aromatic heterocycles. The largest absolute Gasteiger partial charge is 0.492 e. The summed E-state index contributed by atoms with van der Waals surface area (Å²) in [4.78, 5) is 12.9. The lowest BCUT2D eigenvalue weighted by Crippen LogP contribution is -2.43. The molecule has 0 saturated carbocycles. The van der Waals surface area contributed by atoms with Gasteiger partial charge in [-0.2, -0.15) is 4.31 Å². The van der Waals surface area contributed by atoms with E-state index in [0.29, 0.717) is 42.5 Å². The third kappa shape index (κ3) is 5.09. The molecule has 0 bridgehead atoms. The van der Waals surface area contributed by atoms with E-state index in [2.05, 4.69) is 5.32 Å². The quantitative estimate of drug-likeness (QED) is 0.661. The van der Waals surface area contributed by atoms with Crippen LogP contribution in [-0.2, 0) is 14.8 Å². The Bertz CT molecular complexity index is 1040. The van der Waals surface area contributed by atoms with Gasteiger partial charge in [-0.3, -0.25) is 4.79 Å². The van der Waals surface area contributed by atoms with Crippen LogP contribution in [0.5, 0.6) is 5.75 Å². The van der Waals surface area contributed by atoms with Gasteiger partial charge in [-0.1, -0.05) is 29.3 Å². The van der Waals surface area contributed by atoms with Gasteiger partial charge in [0, 0.05) is 23.8 Å². The molecule has 9 heteroatoms. The molecule has 2 aromatic carbocycles. The summed E-state index contributed by atoms with van der Waals surface area (Å²) in [5, 5.41) is 3.64. The smallest absolute Gasteiger partial charge is 0.243 e. The van der Waals surface area contributed by atoms with Gasteiger partial charge in [0.05, 0.1) is 22.4 Å². The Morgan fingerprint density at radius 3 is 2.70 bits per heavy atom. The molecule has 30 heavy (non-hydrogen) atoms. The number of ether oxygens (including phenoxy) is 1. The van der Waals surface area contributed by atoms with Crippen LogP contribution in [0.25, 0.3) is 0 Å². The maximum absolute atomic E-state index is 13.1. The van der Waals surface area contributed by atoms with Crippen molar-refractivity contribution in [3.63, 3.8) is 0 Å². The average Bonchev–Trinajstić information content (AvgIpc) is 2.72. The van der Waals surface area contributed by atoms with Gasteiger partial charge in [-0.05, 0) is 62.6 Å². The van der Waals surface area contributed by atoms with Crippen LogP contribution in [0.3, 0.4) is 0 Å². The van der Waals surface area contributed by atoms with E-state index in [1.165, 1.54) is 16.4 Å². The lowest BCUT2D eigenvalue weighted by atomic mass is 9.98. The molecule has 1 fully saturated rings. The maximum atomic E-state index is 13.1. The number of nitrogens with one attached hydrogen (secondary N) is 1. The van der Waals surface area contributed by atoms with Crippen LogP contribution in [0.4, 0.5) is 5.69 Å². The summed E-state index contributed by atoms with van der Waals surface area (Å²) in [5.74, 6) is -0.235. The van der Waals surface area contributed by atoms with Gasteiger partial charge >= 0.3 is 0 Å². The molecule has 2 aromatic rings. The Kier molecular flexibility index (Phi) is 7.29. The van der Waals surface area contributed by atoms with Crippen molar-refractivity contribution < 1.29 is 17.9 Å². The predicted octanol–water partition coefficient (Wildman–Crippen LogP) is 4.74. The molecule has 1 aliphatic heterocycles. The van der Waals surface area contributed by atoms with Crippen molar-refractivity contribution in [3.8, 4) is 5.75 Å². The van der Waals surface area contributed by atoms with Crippen LogP contribution in [-0.4, -0.2) is 38.3 Å². The Balaban J connectivity index is 1.75. The molecule has 6 nitrogen and oxygen atoms in total. The zero-order valence-corrected chi connectivity index (χ0v) is 19.1. The zero-order valence-electron chi connectivity index (χ0n) is 16.8. The second-order valence-corrected chi connectivity index (χ2v) is 9.96. The molecule has 1 atom stereocenters. The fourth-order valence-electron chi connectivity index (χ4n) is 3.40. The number of hydrogen-bond acceptors (Lipinski definition) is 4. The first-order valence-corrected chi connectivity index (χ1v) is 11.9. The van der Waals surface area contributed by atoms with Crippen molar-refractivity contribution in [2.45, 2.75) is 31.6 Å². The molecule has 1 heterocycles. The lowest BCUT2D eigenvalue weighted by Gasteiger charge is -2.31. The van der Waals surface area contributed by atoms with Crippen molar-refractivity contribution in [2.75, 3.05) is 25.0 Å². The van der Waals surface area contributed by atoms with E-state index in [-0.39, 0.29) is 22.4 Å². The van der Waals surface area contributed by atoms with E-state index in [0.717, 1.165) is 5.56 Å². The second-order valence-electron chi connectivity index (χ2n) is 7.18. The normalized spacial score (nSPS) is 17.5. The first-order valence-electron chi connectivity index (χ1n) is 9.72. The minimum Gasteiger partial charge on any atom is -0.492 e. The molecule has 0 spiro atoms. The number of carbonyl (C=O) groups excluding carboxylic acids is 1. The van der Waals surface area contributed by atoms with E-state index in [9.17, 15) is 13.2 Å². The average molecular weight is 471 g/mol. The number of amides is 1. The van der Waals surface area contributed by atoms with Gasteiger partial charge in [0.2, 0.25) is 15.9 Å². The summed E-state index contributed by atoms with van der Waals surface area (Å²) in [7, 11) is -3.78. The van der Waals surface area contributed by atoms with Crippen molar-refractivity contribution in [1.82, 2.24) is 4.31 Å². The van der Waals surface area contributed by atoms with Crippen molar-refractivity contribution in [3.05, 3.63) is 52.0 Å². The Morgan fingerprint density at radius 1 is 1.23 bits per heavy atom. The highest BCUT2D eigenvalue weighted by Gasteiger charge is 2.33. The summed E-state index contributed by atoms with van der Waals surface area (Å²) in [5.41, 5.74) is 1.52. The fourth-order valence-corrected chi connectivity index (χ4v) is 5.42. The number of nitrogens with zero attached hydrogens (tertiary/aromatic N) is 1. The maximum Gasteiger partial charge on any atom is 0.243 e. The number of rotatable bonds is 6. The van der Waals surface area contributed by atoms with E-state index in [4.69, 9.17) is 27.9 Å². The van der Waals surface area contributed by atoms with Crippen LogP contribution < -0.4 is 10.1 Å². The molecule has 3 rings (SSSR count). The monoisotopic (exact) mass is 470 g/mol. The Labute approximate surface area is 187 Å². The number of aryl methyl sites for hydroxylation is 1. The summed E-state index contributed by atoms with van der Waals surface area (Å²) >= 11 is 12.2. The molecule has 0 aliphatic carbocycles. The number of benzene rings is 2. The summed E-state index contributed by atoms with van der Waals surface area (Å²) in [6, 6.07) is 9.68. The van der Waals surface area contributed by atoms with Gasteiger partial charge in [0.1, 0.15) is 5.75 Å². The van der Waals surface area contributed by atoms with Crippen molar-refractivity contribution in [1.29, 1.82) is 0 Å². The first-order chi connectivity index (χ1) is 14.2. The number of halogens is 2. The molecular weight excluding hydrogens is 447 g/mol. The third-order valence-corrected chi connectivity index (χ3v) is 7.44. The molecule has 1 aliphatic rings. The Hall–Kier alpha value is -1.80. The highest BCUT2D eigenvalue weighted by Crippen LogP contribution is 2.31. The minimum atomic E-state index is -3.78. The number of sulfonamides is 1. The summed E-state index contributed by atoms with van der Waals surface area (Å²) < 4.78 is 32.9. The Morgan fingerprint density at radius 2 is 2.00 bits per heavy atom. The lowest BCUT2D eigenvalue weighted by molar-refractivity contribution is -0.120. The molecule has 1 amide bonds. The molecule has 0 radical (unpaired) electrons. The van der Waals surface area contributed by atoms with Crippen molar-refractivity contribution in [2.24, 2.45) is 5.92 Å². The molecular formula is C21H24Cl2N2O4S. The van der Waals surface area contributed by atoms with Gasteiger partial charge in [-0.25, -0.2) is 8.42 Å². The molecule has 0 unspecified atom stereocenters. The standard InChI is InChI=1S/C21H24Cl2N2O4S/c1-3-29-20-9-8-17(12-18(20)23)30(27,28)25-10-4-5-15(13-25)21(26)24-19-11-16(22)7-6-14(19)2/h6-9,11-12,15H,3-5,10,13H2,1-2H3,(H,24,26)/t15-/m1/s1. The number of anilines is 1. The molecule has 162 valence electrons. The minimum absolute atomic E-state index is 0.0858. The highest BCUT2D eigenvalue weighted by molar-refractivity contribution is 7.89. The first kappa shape index (κ1) is 22.9. The number of hydrogen-bond donors (Lipinski definition) is 1. The van der Waals surface area contributed by atoms with Crippen LogP contribution in [0, 0.1) is 12.8 Å². The van der Waals surface area contributed by atoms with E-state index in [1.807, 2.05) is 19.9 Å². The van der Waals surface area contributed by atoms with Crippen molar-refractivity contribution >= 4 is 44.8 Å². The summed E-state index contributed by atoms with van der Waals surface area (Å²) in [6.45, 7) is 4.59. The predicted molar refractivity (Wildman–Crippen MR) is 119 cm³/mol. The van der Waals surface area contributed by atoms with Gasteiger partial charge in [0.25, 0.3) is 0 Å². The van der Waals surface area contributed by atoms with Gasteiger partial charge in [-0.15, -0.1) is 0 Å². The van der Waals surface area contributed by atoms with Gasteiger partial charge in [0.15, 0.2) is 0 Å². The summed E-state index contributed by atoms with van der Waals surface area (Å²) in [6.07, 6.45) is 1.21. The van der Waals surface area contributed by atoms with E-state index in [1.54, 1.807) is 18.2 Å². The molecule has 1 saturated heterocycles. The second kappa shape index (κ2) is 9.56. The topological polar surface area (TPSA) is 75.7 Å². The zero-order chi connectivity index (χ0) is 21.9. The number of piperidine rings is 1. The third-order valence-electron chi connectivity index (χ3n) is 5.05. The highest BCUT2D eigenvalue weighted by atomic mass is 35.5.